The van der Waals surface area contributed by atoms with Crippen LogP contribution in [0.3, 0.4) is 0 Å². The number of hydrogen-bond acceptors (Lipinski definition) is 12. The van der Waals surface area contributed by atoms with Gasteiger partial charge in [0.1, 0.15) is 71.1 Å². The topological polar surface area (TPSA) is 177 Å². The summed E-state index contributed by atoms with van der Waals surface area (Å²) in [6.45, 7) is 36.9. The third kappa shape index (κ3) is 12.3. The molecule has 0 radical (unpaired) electrons. The average Bonchev–Trinajstić information content (AvgIpc) is 1.18. The lowest BCUT2D eigenvalue weighted by Gasteiger charge is -2.32. The van der Waals surface area contributed by atoms with E-state index in [1.54, 1.807) is 0 Å². The molecular formula is C72H96O12. The Labute approximate surface area is 500 Å². The lowest BCUT2D eigenvalue weighted by molar-refractivity contribution is 0.188. The summed E-state index contributed by atoms with van der Waals surface area (Å²) in [4.78, 5) is 0. The van der Waals surface area contributed by atoms with Crippen LogP contribution < -0.4 is 28.4 Å². The van der Waals surface area contributed by atoms with Crippen LogP contribution in [0.2, 0.25) is 0 Å². The molecule has 12 nitrogen and oxygen atoms in total. The SMILES string of the molecule is COc1c2cc(C(C)(C)C)cc1C(O)c1cc(C(C)(C)C)cc(c1OC)C(O)c1cc(C(C)(C)C)cc(c1OC)C(O)c1cc(C(C)(C)C)cc(c1OC)C(O)c1cc(C(C)(C)C)cc(c1OC)C(O)c1cc(C(C)(C)C)cc(c1OC)C2O. The minimum absolute atomic E-state index is 0.192. The highest BCUT2D eigenvalue weighted by atomic mass is 16.5. The Morgan fingerprint density at radius 3 is 0.345 bits per heavy atom. The number of fused-ring (bicyclic) bond motifs is 12. The maximum atomic E-state index is 13.4. The van der Waals surface area contributed by atoms with Crippen molar-refractivity contribution in [2.45, 2.75) is 194 Å². The highest BCUT2D eigenvalue weighted by Gasteiger charge is 2.39. The van der Waals surface area contributed by atoms with Gasteiger partial charge in [-0.3, -0.25) is 0 Å². The summed E-state index contributed by atoms with van der Waals surface area (Å²) in [6, 6.07) is 22.7. The summed E-state index contributed by atoms with van der Waals surface area (Å²) in [6.07, 6.45) is -8.88. The molecule has 0 saturated heterocycles. The molecule has 1 aliphatic carbocycles. The first-order chi connectivity index (χ1) is 38.7. The van der Waals surface area contributed by atoms with Gasteiger partial charge in [0, 0.05) is 66.8 Å². The Balaban J connectivity index is 1.77. The summed E-state index contributed by atoms with van der Waals surface area (Å²) in [7, 11) is 9.00. The smallest absolute Gasteiger partial charge is 0.131 e. The molecular weight excluding hydrogens is 1060 g/mol. The monoisotopic (exact) mass is 1150 g/mol. The molecule has 6 aromatic carbocycles. The number of methoxy groups -OCH3 is 6. The van der Waals surface area contributed by atoms with Gasteiger partial charge < -0.3 is 59.1 Å². The fraction of sp³-hybridized carbons (Fsp3) is 0.500. The first-order valence-electron chi connectivity index (χ1n) is 29.1. The van der Waals surface area contributed by atoms with Gasteiger partial charge in [-0.05, 0) is 139 Å². The molecule has 1 aliphatic rings. The van der Waals surface area contributed by atoms with Gasteiger partial charge in [0.05, 0.1) is 42.7 Å². The van der Waals surface area contributed by atoms with Crippen LogP contribution >= 0.6 is 0 Å². The maximum Gasteiger partial charge on any atom is 0.131 e. The van der Waals surface area contributed by atoms with Gasteiger partial charge >= 0.3 is 0 Å². The summed E-state index contributed by atoms with van der Waals surface area (Å²) in [5, 5.41) is 80.2. The number of hydrogen-bond donors (Lipinski definition) is 6. The third-order valence-corrected chi connectivity index (χ3v) is 16.8. The lowest BCUT2D eigenvalue weighted by Crippen LogP contribution is -2.20. The van der Waals surface area contributed by atoms with Gasteiger partial charge in [-0.15, -0.1) is 0 Å². The lowest BCUT2D eigenvalue weighted by atomic mass is 9.77. The van der Waals surface area contributed by atoms with Gasteiger partial charge in [-0.25, -0.2) is 0 Å². The fourth-order valence-electron chi connectivity index (χ4n) is 11.5. The first-order valence-corrected chi connectivity index (χ1v) is 29.1. The van der Waals surface area contributed by atoms with E-state index in [0.29, 0.717) is 66.8 Å². The normalized spacial score (nSPS) is 19.1. The van der Waals surface area contributed by atoms with Crippen molar-refractivity contribution in [1.82, 2.24) is 0 Å². The van der Waals surface area contributed by atoms with E-state index in [-0.39, 0.29) is 34.5 Å². The predicted molar refractivity (Wildman–Crippen MR) is 335 cm³/mol. The van der Waals surface area contributed by atoms with Crippen LogP contribution in [-0.2, 0) is 32.5 Å². The van der Waals surface area contributed by atoms with Crippen molar-refractivity contribution in [1.29, 1.82) is 0 Å². The van der Waals surface area contributed by atoms with Crippen molar-refractivity contribution < 1.29 is 59.1 Å². The van der Waals surface area contributed by atoms with Crippen LogP contribution in [0.4, 0.5) is 0 Å². The van der Waals surface area contributed by atoms with Crippen LogP contribution in [-0.4, -0.2) is 73.3 Å². The summed E-state index contributed by atoms with van der Waals surface area (Å²) >= 11 is 0. The van der Waals surface area contributed by atoms with E-state index in [1.807, 2.05) is 72.8 Å². The van der Waals surface area contributed by atoms with Crippen LogP contribution in [0.25, 0.3) is 0 Å². The fourth-order valence-corrected chi connectivity index (χ4v) is 11.5. The van der Waals surface area contributed by atoms with Crippen molar-refractivity contribution in [3.63, 3.8) is 0 Å². The molecule has 12 bridgehead atoms. The van der Waals surface area contributed by atoms with Gasteiger partial charge in [0.25, 0.3) is 0 Å². The van der Waals surface area contributed by atoms with E-state index in [9.17, 15) is 30.6 Å². The van der Waals surface area contributed by atoms with E-state index in [2.05, 4.69) is 125 Å². The van der Waals surface area contributed by atoms with Crippen molar-refractivity contribution in [3.05, 3.63) is 173 Å². The Hall–Kier alpha value is -6.12. The molecule has 6 N–H and O–H groups in total. The minimum atomic E-state index is -1.48. The molecule has 0 fully saturated rings. The molecule has 7 rings (SSSR count). The number of aliphatic hydroxyl groups excluding tert-OH is 6. The molecule has 0 heterocycles. The number of aliphatic hydroxyl groups is 6. The minimum Gasteiger partial charge on any atom is -0.496 e. The largest absolute Gasteiger partial charge is 0.496 e. The highest BCUT2D eigenvalue weighted by molar-refractivity contribution is 5.64. The van der Waals surface area contributed by atoms with Crippen LogP contribution in [0.15, 0.2) is 72.8 Å². The Morgan fingerprint density at radius 1 is 0.202 bits per heavy atom. The molecule has 0 aromatic heterocycles. The third-order valence-electron chi connectivity index (χ3n) is 16.8. The maximum absolute atomic E-state index is 13.4. The Morgan fingerprint density at radius 2 is 0.286 bits per heavy atom. The molecule has 0 spiro atoms. The van der Waals surface area contributed by atoms with Gasteiger partial charge in [0.15, 0.2) is 0 Å². The molecule has 0 aliphatic heterocycles. The molecule has 12 heteroatoms. The molecule has 6 aromatic rings. The van der Waals surface area contributed by atoms with Crippen molar-refractivity contribution in [3.8, 4) is 34.5 Å². The quantitative estimate of drug-likeness (QED) is 0.0932. The standard InChI is InChI=1S/C72H96O12/c1-67(2,3)37-25-43-55(73)45-27-38(68(4,5)6)29-47(62(45)80-20)57(75)49-31-40(70(10,11)12)33-51(64(49)82-22)59(77)53-35-42(72(16,17)18)36-54(66(53)84-24)60(78)52-34-41(71(13,14)15)32-50(65(52)83-23)58(76)48-30-39(69(7,8)9)28-46(63(48)81-21)56(74)44(26-37)61(43)79-19/h25-36,55-60,73-78H,1-24H3. The average molecular weight is 1150 g/mol. The molecule has 0 amide bonds. The van der Waals surface area contributed by atoms with E-state index in [1.165, 1.54) is 42.7 Å². The summed E-state index contributed by atoms with van der Waals surface area (Å²) in [5.74, 6) is 1.15. The van der Waals surface area contributed by atoms with Gasteiger partial charge in [-0.2, -0.15) is 0 Å². The van der Waals surface area contributed by atoms with Gasteiger partial charge in [-0.1, -0.05) is 125 Å². The van der Waals surface area contributed by atoms with E-state index in [4.69, 9.17) is 28.4 Å². The Bertz CT molecular complexity index is 2680. The molecule has 84 heavy (non-hydrogen) atoms. The van der Waals surface area contributed by atoms with Crippen molar-refractivity contribution in [2.24, 2.45) is 0 Å². The zero-order valence-corrected chi connectivity index (χ0v) is 54.5. The second kappa shape index (κ2) is 23.3. The van der Waals surface area contributed by atoms with Crippen LogP contribution in [0.5, 0.6) is 34.5 Å². The van der Waals surface area contributed by atoms with Gasteiger partial charge in [0.2, 0.25) is 0 Å². The van der Waals surface area contributed by atoms with Crippen LogP contribution in [0.1, 0.15) is 261 Å². The van der Waals surface area contributed by atoms with E-state index < -0.39 is 69.1 Å². The second-order valence-electron chi connectivity index (χ2n) is 29.0. The second-order valence-corrected chi connectivity index (χ2v) is 29.0. The van der Waals surface area contributed by atoms with E-state index in [0.717, 1.165) is 33.4 Å². The summed E-state index contributed by atoms with van der Waals surface area (Å²) in [5.41, 5.74) is 5.24. The number of ether oxygens (including phenoxy) is 6. The molecule has 0 unspecified atom stereocenters. The molecule has 0 atom stereocenters. The van der Waals surface area contributed by atoms with Crippen molar-refractivity contribution >= 4 is 0 Å². The first kappa shape index (κ1) is 65.4. The van der Waals surface area contributed by atoms with E-state index >= 15 is 0 Å². The molecule has 0 saturated carbocycles. The predicted octanol–water partition coefficient (Wildman–Crippen LogP) is 14.3. The number of benzene rings is 6. The number of rotatable bonds is 6. The van der Waals surface area contributed by atoms with Crippen molar-refractivity contribution in [2.75, 3.05) is 42.7 Å². The highest BCUT2D eigenvalue weighted by Crippen LogP contribution is 2.53. The molecule has 456 valence electrons. The zero-order valence-electron chi connectivity index (χ0n) is 54.5. The summed E-state index contributed by atoms with van der Waals surface area (Å²) < 4.78 is 38.2. The zero-order chi connectivity index (χ0) is 63.0. The van der Waals surface area contributed by atoms with Crippen LogP contribution in [0, 0.1) is 0 Å². The Kier molecular flexibility index (Phi) is 18.1.